The second-order valence-corrected chi connectivity index (χ2v) is 5.34. The first-order chi connectivity index (χ1) is 11.6. The third-order valence-electron chi connectivity index (χ3n) is 3.69. The van der Waals surface area contributed by atoms with E-state index in [1.807, 2.05) is 37.3 Å². The van der Waals surface area contributed by atoms with Gasteiger partial charge in [0, 0.05) is 0 Å². The molecule has 1 unspecified atom stereocenters. The van der Waals surface area contributed by atoms with Crippen LogP contribution in [0.4, 0.5) is 4.39 Å². The third-order valence-corrected chi connectivity index (χ3v) is 3.69. The molecular formula is C18H16FN3O2. The first-order valence-electron chi connectivity index (χ1n) is 7.55. The average Bonchev–Trinajstić information content (AvgIpc) is 3.09. The maximum atomic E-state index is 13.7. The lowest BCUT2D eigenvalue weighted by molar-refractivity contribution is -0.122. The Balaban J connectivity index is 1.64. The van der Waals surface area contributed by atoms with Crippen molar-refractivity contribution in [2.24, 2.45) is 0 Å². The van der Waals surface area contributed by atoms with Gasteiger partial charge in [0.15, 0.2) is 0 Å². The highest BCUT2D eigenvalue weighted by atomic mass is 19.1. The lowest BCUT2D eigenvalue weighted by Crippen LogP contribution is -2.27. The van der Waals surface area contributed by atoms with Gasteiger partial charge in [0.1, 0.15) is 5.82 Å². The Morgan fingerprint density at radius 2 is 1.88 bits per heavy atom. The van der Waals surface area contributed by atoms with E-state index in [-0.39, 0.29) is 35.6 Å². The zero-order valence-corrected chi connectivity index (χ0v) is 13.1. The van der Waals surface area contributed by atoms with Gasteiger partial charge in [-0.05, 0) is 24.6 Å². The summed E-state index contributed by atoms with van der Waals surface area (Å²) in [6.45, 7) is 1.92. The van der Waals surface area contributed by atoms with Crippen LogP contribution in [0.15, 0.2) is 59.1 Å². The summed E-state index contributed by atoms with van der Waals surface area (Å²) in [5.41, 5.74) is 1.18. The number of carbonyl (C=O) groups excluding carboxylic acids is 1. The number of halogens is 1. The van der Waals surface area contributed by atoms with Gasteiger partial charge in [-0.15, -0.1) is 0 Å². The molecule has 1 N–H and O–H groups in total. The van der Waals surface area contributed by atoms with E-state index >= 15 is 0 Å². The van der Waals surface area contributed by atoms with E-state index in [0.29, 0.717) is 0 Å². The number of nitrogens with zero attached hydrogens (tertiary/aromatic N) is 2. The SMILES string of the molecule is CC(C(=O)NCc1nc(-c2ccccc2F)no1)c1ccccc1. The Bertz CT molecular complexity index is 833. The number of rotatable bonds is 5. The van der Waals surface area contributed by atoms with Gasteiger partial charge in [-0.25, -0.2) is 4.39 Å². The summed E-state index contributed by atoms with van der Waals surface area (Å²) in [5, 5.41) is 6.50. The van der Waals surface area contributed by atoms with Crippen LogP contribution in [0.2, 0.25) is 0 Å². The van der Waals surface area contributed by atoms with E-state index in [0.717, 1.165) is 5.56 Å². The standard InChI is InChI=1S/C18H16FN3O2/c1-12(13-7-3-2-4-8-13)18(23)20-11-16-21-17(22-24-16)14-9-5-6-10-15(14)19/h2-10,12H,11H2,1H3,(H,20,23). The summed E-state index contributed by atoms with van der Waals surface area (Å²) in [7, 11) is 0. The van der Waals surface area contributed by atoms with Crippen LogP contribution in [0.3, 0.4) is 0 Å². The molecule has 24 heavy (non-hydrogen) atoms. The molecule has 0 aliphatic carbocycles. The first kappa shape index (κ1) is 15.9. The Labute approximate surface area is 138 Å². The number of hydrogen-bond donors (Lipinski definition) is 1. The molecule has 1 amide bonds. The smallest absolute Gasteiger partial charge is 0.246 e. The van der Waals surface area contributed by atoms with Crippen molar-refractivity contribution in [2.45, 2.75) is 19.4 Å². The molecule has 3 aromatic rings. The molecule has 0 radical (unpaired) electrons. The molecule has 122 valence electrons. The second kappa shape index (κ2) is 7.04. The molecule has 5 nitrogen and oxygen atoms in total. The van der Waals surface area contributed by atoms with E-state index in [2.05, 4.69) is 15.5 Å². The maximum Gasteiger partial charge on any atom is 0.246 e. The molecule has 0 saturated heterocycles. The molecule has 0 spiro atoms. The molecule has 0 bridgehead atoms. The van der Waals surface area contributed by atoms with Gasteiger partial charge in [-0.1, -0.05) is 47.6 Å². The van der Waals surface area contributed by atoms with Crippen LogP contribution >= 0.6 is 0 Å². The van der Waals surface area contributed by atoms with Gasteiger partial charge in [0.05, 0.1) is 18.0 Å². The normalized spacial score (nSPS) is 11.9. The van der Waals surface area contributed by atoms with Crippen molar-refractivity contribution in [1.29, 1.82) is 0 Å². The molecule has 0 fully saturated rings. The first-order valence-corrected chi connectivity index (χ1v) is 7.55. The Hall–Kier alpha value is -3.02. The van der Waals surface area contributed by atoms with Crippen LogP contribution in [0.25, 0.3) is 11.4 Å². The van der Waals surface area contributed by atoms with Gasteiger partial charge >= 0.3 is 0 Å². The van der Waals surface area contributed by atoms with Crippen molar-refractivity contribution in [3.63, 3.8) is 0 Å². The lowest BCUT2D eigenvalue weighted by Gasteiger charge is -2.11. The minimum atomic E-state index is -0.424. The van der Waals surface area contributed by atoms with Crippen LogP contribution in [-0.4, -0.2) is 16.0 Å². The van der Waals surface area contributed by atoms with Crippen molar-refractivity contribution in [1.82, 2.24) is 15.5 Å². The molecule has 6 heteroatoms. The highest BCUT2D eigenvalue weighted by Crippen LogP contribution is 2.19. The predicted octanol–water partition coefficient (Wildman–Crippen LogP) is 3.30. The molecule has 0 aliphatic rings. The quantitative estimate of drug-likeness (QED) is 0.781. The third kappa shape index (κ3) is 3.48. The van der Waals surface area contributed by atoms with Crippen LogP contribution in [0, 0.1) is 5.82 Å². The fraction of sp³-hybridized carbons (Fsp3) is 0.167. The maximum absolute atomic E-state index is 13.7. The Morgan fingerprint density at radius 3 is 2.62 bits per heavy atom. The van der Waals surface area contributed by atoms with Crippen LogP contribution < -0.4 is 5.32 Å². The zero-order valence-electron chi connectivity index (χ0n) is 13.1. The van der Waals surface area contributed by atoms with Crippen molar-refractivity contribution < 1.29 is 13.7 Å². The number of hydrogen-bond acceptors (Lipinski definition) is 4. The minimum absolute atomic E-state index is 0.0947. The van der Waals surface area contributed by atoms with E-state index in [1.165, 1.54) is 6.07 Å². The molecule has 3 rings (SSSR count). The molecule has 1 aromatic heterocycles. The Morgan fingerprint density at radius 1 is 1.17 bits per heavy atom. The summed E-state index contributed by atoms with van der Waals surface area (Å²) in [6.07, 6.45) is 0. The summed E-state index contributed by atoms with van der Waals surface area (Å²) in [5.74, 6) is -0.478. The lowest BCUT2D eigenvalue weighted by atomic mass is 10.0. The number of amides is 1. The fourth-order valence-electron chi connectivity index (χ4n) is 2.29. The van der Waals surface area contributed by atoms with Gasteiger partial charge < -0.3 is 9.84 Å². The van der Waals surface area contributed by atoms with Gasteiger partial charge in [0.25, 0.3) is 0 Å². The van der Waals surface area contributed by atoms with Crippen LogP contribution in [0.5, 0.6) is 0 Å². The molecule has 0 aliphatic heterocycles. The van der Waals surface area contributed by atoms with Crippen molar-refractivity contribution in [3.05, 3.63) is 71.9 Å². The van der Waals surface area contributed by atoms with Crippen LogP contribution in [0.1, 0.15) is 24.3 Å². The van der Waals surface area contributed by atoms with E-state index in [9.17, 15) is 9.18 Å². The topological polar surface area (TPSA) is 68.0 Å². The van der Waals surface area contributed by atoms with Gasteiger partial charge in [-0.2, -0.15) is 4.98 Å². The molecule has 1 atom stereocenters. The van der Waals surface area contributed by atoms with Crippen molar-refractivity contribution >= 4 is 5.91 Å². The zero-order chi connectivity index (χ0) is 16.9. The predicted molar refractivity (Wildman–Crippen MR) is 86.4 cm³/mol. The molecular weight excluding hydrogens is 309 g/mol. The summed E-state index contributed by atoms with van der Waals surface area (Å²) in [4.78, 5) is 16.3. The highest BCUT2D eigenvalue weighted by molar-refractivity contribution is 5.83. The number of aromatic nitrogens is 2. The summed E-state index contributed by atoms with van der Waals surface area (Å²) < 4.78 is 18.8. The number of carbonyl (C=O) groups is 1. The molecule has 2 aromatic carbocycles. The number of benzene rings is 2. The van der Waals surface area contributed by atoms with Crippen molar-refractivity contribution in [2.75, 3.05) is 0 Å². The van der Waals surface area contributed by atoms with Crippen molar-refractivity contribution in [3.8, 4) is 11.4 Å². The highest BCUT2D eigenvalue weighted by Gasteiger charge is 2.17. The average molecular weight is 325 g/mol. The molecule has 0 saturated carbocycles. The van der Waals surface area contributed by atoms with Gasteiger partial charge in [-0.3, -0.25) is 4.79 Å². The largest absolute Gasteiger partial charge is 0.346 e. The van der Waals surface area contributed by atoms with E-state index < -0.39 is 5.82 Å². The monoisotopic (exact) mass is 325 g/mol. The second-order valence-electron chi connectivity index (χ2n) is 5.34. The van der Waals surface area contributed by atoms with Gasteiger partial charge in [0.2, 0.25) is 17.6 Å². The Kier molecular flexibility index (Phi) is 4.65. The van der Waals surface area contributed by atoms with E-state index in [4.69, 9.17) is 4.52 Å². The minimum Gasteiger partial charge on any atom is -0.346 e. The summed E-state index contributed by atoms with van der Waals surface area (Å²) >= 11 is 0. The number of nitrogens with one attached hydrogen (secondary N) is 1. The molecule has 1 heterocycles. The van der Waals surface area contributed by atoms with E-state index in [1.54, 1.807) is 18.2 Å². The fourth-order valence-corrected chi connectivity index (χ4v) is 2.29. The summed E-state index contributed by atoms with van der Waals surface area (Å²) in [6, 6.07) is 15.6. The van der Waals surface area contributed by atoms with Crippen LogP contribution in [-0.2, 0) is 11.3 Å².